The first-order valence-corrected chi connectivity index (χ1v) is 7.38. The maximum Gasteiger partial charge on any atom is 0.222 e. The summed E-state index contributed by atoms with van der Waals surface area (Å²) in [5, 5.41) is 0. The van der Waals surface area contributed by atoms with Crippen LogP contribution in [0.3, 0.4) is 0 Å². The molecule has 108 valence electrons. The van der Waals surface area contributed by atoms with Gasteiger partial charge in [0, 0.05) is 25.1 Å². The first kappa shape index (κ1) is 14.8. The monoisotopic (exact) mass is 292 g/mol. The molecule has 1 amide bonds. The molecular formula is C15H20N2O2S. The highest BCUT2D eigenvalue weighted by Gasteiger charge is 2.16. The number of carbonyl (C=O) groups excluding carboxylic acids is 1. The number of hydrogen-bond acceptors (Lipinski definition) is 3. The van der Waals surface area contributed by atoms with Gasteiger partial charge in [0.05, 0.1) is 6.61 Å². The van der Waals surface area contributed by atoms with Crippen molar-refractivity contribution in [3.8, 4) is 5.75 Å². The average molecular weight is 292 g/mol. The van der Waals surface area contributed by atoms with Gasteiger partial charge in [0.1, 0.15) is 10.7 Å². The van der Waals surface area contributed by atoms with Gasteiger partial charge in [0.15, 0.2) is 0 Å². The van der Waals surface area contributed by atoms with E-state index in [0.717, 1.165) is 43.7 Å². The van der Waals surface area contributed by atoms with E-state index in [1.807, 2.05) is 29.2 Å². The minimum Gasteiger partial charge on any atom is -0.494 e. The molecule has 0 aromatic heterocycles. The van der Waals surface area contributed by atoms with Crippen LogP contribution in [0.4, 0.5) is 0 Å². The van der Waals surface area contributed by atoms with E-state index < -0.39 is 0 Å². The van der Waals surface area contributed by atoms with Gasteiger partial charge in [-0.15, -0.1) is 0 Å². The highest BCUT2D eigenvalue weighted by atomic mass is 32.1. The summed E-state index contributed by atoms with van der Waals surface area (Å²) in [5.74, 6) is 1.03. The van der Waals surface area contributed by atoms with Crippen molar-refractivity contribution in [3.05, 3.63) is 29.8 Å². The maximum absolute atomic E-state index is 11.6. The summed E-state index contributed by atoms with van der Waals surface area (Å²) in [7, 11) is 0. The van der Waals surface area contributed by atoms with Crippen molar-refractivity contribution in [1.82, 2.24) is 4.90 Å². The molecule has 1 aromatic rings. The molecular weight excluding hydrogens is 272 g/mol. The molecule has 5 heteroatoms. The van der Waals surface area contributed by atoms with Crippen molar-refractivity contribution >= 4 is 23.1 Å². The minimum atomic E-state index is 0.270. The van der Waals surface area contributed by atoms with Crippen molar-refractivity contribution in [3.63, 3.8) is 0 Å². The fourth-order valence-corrected chi connectivity index (χ4v) is 2.41. The Bertz CT molecular complexity index is 491. The SMILES string of the molecule is NC(=S)c1cccc(OCCCN2CCCCC2=O)c1. The van der Waals surface area contributed by atoms with Gasteiger partial charge in [-0.1, -0.05) is 24.4 Å². The van der Waals surface area contributed by atoms with Gasteiger partial charge < -0.3 is 15.4 Å². The lowest BCUT2D eigenvalue weighted by Crippen LogP contribution is -2.36. The number of benzene rings is 1. The van der Waals surface area contributed by atoms with Gasteiger partial charge in [0.25, 0.3) is 0 Å². The molecule has 2 rings (SSSR count). The molecule has 1 aliphatic heterocycles. The fourth-order valence-electron chi connectivity index (χ4n) is 2.28. The standard InChI is InChI=1S/C15H20N2O2S/c16-15(20)12-5-3-6-13(11-12)19-10-4-9-17-8-2-1-7-14(17)18/h3,5-6,11H,1-2,4,7-10H2,(H2,16,20). The number of thiocarbonyl (C=S) groups is 1. The van der Waals surface area contributed by atoms with Gasteiger partial charge >= 0.3 is 0 Å². The molecule has 20 heavy (non-hydrogen) atoms. The average Bonchev–Trinajstić information content (AvgIpc) is 2.45. The first-order valence-electron chi connectivity index (χ1n) is 6.97. The second-order valence-electron chi connectivity index (χ2n) is 4.93. The van der Waals surface area contributed by atoms with E-state index in [9.17, 15) is 4.79 Å². The number of rotatable bonds is 6. The van der Waals surface area contributed by atoms with E-state index in [-0.39, 0.29) is 5.91 Å². The van der Waals surface area contributed by atoms with Crippen LogP contribution in [-0.4, -0.2) is 35.5 Å². The van der Waals surface area contributed by atoms with Crippen LogP contribution in [0, 0.1) is 0 Å². The van der Waals surface area contributed by atoms with Crippen LogP contribution in [0.5, 0.6) is 5.75 Å². The summed E-state index contributed by atoms with van der Waals surface area (Å²) in [6.45, 7) is 2.24. The number of nitrogens with two attached hydrogens (primary N) is 1. The van der Waals surface area contributed by atoms with Crippen LogP contribution in [0.15, 0.2) is 24.3 Å². The van der Waals surface area contributed by atoms with E-state index in [0.29, 0.717) is 18.0 Å². The Labute approximate surface area is 124 Å². The Balaban J connectivity index is 1.74. The third-order valence-corrected chi connectivity index (χ3v) is 3.62. The van der Waals surface area contributed by atoms with E-state index >= 15 is 0 Å². The lowest BCUT2D eigenvalue weighted by Gasteiger charge is -2.26. The summed E-state index contributed by atoms with van der Waals surface area (Å²) in [6, 6.07) is 7.46. The molecule has 1 fully saturated rings. The maximum atomic E-state index is 11.6. The van der Waals surface area contributed by atoms with Crippen LogP contribution in [0.25, 0.3) is 0 Å². The zero-order chi connectivity index (χ0) is 14.4. The van der Waals surface area contributed by atoms with Crippen LogP contribution in [0.1, 0.15) is 31.2 Å². The van der Waals surface area contributed by atoms with Gasteiger partial charge in [-0.3, -0.25) is 4.79 Å². The largest absolute Gasteiger partial charge is 0.494 e. The summed E-state index contributed by atoms with van der Waals surface area (Å²) in [5.41, 5.74) is 6.39. The molecule has 0 bridgehead atoms. The van der Waals surface area contributed by atoms with Gasteiger partial charge in [0.2, 0.25) is 5.91 Å². The number of nitrogens with zero attached hydrogens (tertiary/aromatic N) is 1. The number of carbonyl (C=O) groups is 1. The van der Waals surface area contributed by atoms with E-state index in [2.05, 4.69) is 0 Å². The summed E-state index contributed by atoms with van der Waals surface area (Å²) < 4.78 is 5.67. The van der Waals surface area contributed by atoms with E-state index in [4.69, 9.17) is 22.7 Å². The van der Waals surface area contributed by atoms with Crippen molar-refractivity contribution in [2.24, 2.45) is 5.73 Å². The molecule has 4 nitrogen and oxygen atoms in total. The molecule has 1 heterocycles. The second-order valence-corrected chi connectivity index (χ2v) is 5.37. The van der Waals surface area contributed by atoms with Gasteiger partial charge in [-0.05, 0) is 31.4 Å². The lowest BCUT2D eigenvalue weighted by atomic mass is 10.1. The Kier molecular flexibility index (Phi) is 5.35. The highest BCUT2D eigenvalue weighted by Crippen LogP contribution is 2.14. The zero-order valence-corrected chi connectivity index (χ0v) is 12.3. The number of hydrogen-bond donors (Lipinski definition) is 1. The molecule has 1 aromatic carbocycles. The van der Waals surface area contributed by atoms with Crippen molar-refractivity contribution in [2.45, 2.75) is 25.7 Å². The normalized spacial score (nSPS) is 15.2. The topological polar surface area (TPSA) is 55.6 Å². The van der Waals surface area contributed by atoms with Gasteiger partial charge in [-0.25, -0.2) is 0 Å². The quantitative estimate of drug-likeness (QED) is 0.644. The highest BCUT2D eigenvalue weighted by molar-refractivity contribution is 7.80. The van der Waals surface area contributed by atoms with Gasteiger partial charge in [-0.2, -0.15) is 0 Å². The Hall–Kier alpha value is -1.62. The van der Waals surface area contributed by atoms with Crippen LogP contribution in [-0.2, 0) is 4.79 Å². The molecule has 1 saturated heterocycles. The fraction of sp³-hybridized carbons (Fsp3) is 0.467. The number of ether oxygens (including phenoxy) is 1. The molecule has 0 spiro atoms. The van der Waals surface area contributed by atoms with Crippen molar-refractivity contribution in [2.75, 3.05) is 19.7 Å². The van der Waals surface area contributed by atoms with Crippen molar-refractivity contribution in [1.29, 1.82) is 0 Å². The predicted octanol–water partition coefficient (Wildman–Crippen LogP) is 2.10. The Morgan fingerprint density at radius 1 is 1.40 bits per heavy atom. The minimum absolute atomic E-state index is 0.270. The molecule has 0 atom stereocenters. The number of likely N-dealkylation sites (tertiary alicyclic amines) is 1. The third kappa shape index (κ3) is 4.20. The predicted molar refractivity (Wildman–Crippen MR) is 82.9 cm³/mol. The third-order valence-electron chi connectivity index (χ3n) is 3.38. The molecule has 0 radical (unpaired) electrons. The summed E-state index contributed by atoms with van der Waals surface area (Å²) >= 11 is 4.93. The second kappa shape index (κ2) is 7.24. The molecule has 0 aliphatic carbocycles. The summed E-state index contributed by atoms with van der Waals surface area (Å²) in [6.07, 6.45) is 3.67. The molecule has 2 N–H and O–H groups in total. The lowest BCUT2D eigenvalue weighted by molar-refractivity contribution is -0.133. The van der Waals surface area contributed by atoms with Crippen LogP contribution >= 0.6 is 12.2 Å². The summed E-state index contributed by atoms with van der Waals surface area (Å²) in [4.78, 5) is 13.9. The first-order chi connectivity index (χ1) is 9.66. The van der Waals surface area contributed by atoms with E-state index in [1.54, 1.807) is 0 Å². The van der Waals surface area contributed by atoms with Crippen LogP contribution < -0.4 is 10.5 Å². The smallest absolute Gasteiger partial charge is 0.222 e. The zero-order valence-electron chi connectivity index (χ0n) is 11.5. The Morgan fingerprint density at radius 2 is 2.25 bits per heavy atom. The molecule has 1 aliphatic rings. The van der Waals surface area contributed by atoms with Crippen LogP contribution in [0.2, 0.25) is 0 Å². The number of piperidine rings is 1. The van der Waals surface area contributed by atoms with E-state index in [1.165, 1.54) is 0 Å². The Morgan fingerprint density at radius 3 is 3.00 bits per heavy atom. The molecule has 0 saturated carbocycles. The molecule has 0 unspecified atom stereocenters. The number of amides is 1. The van der Waals surface area contributed by atoms with Crippen molar-refractivity contribution < 1.29 is 9.53 Å².